The van der Waals surface area contributed by atoms with Crippen LogP contribution in [0.5, 0.6) is 0 Å². The van der Waals surface area contributed by atoms with Gasteiger partial charge in [0.25, 0.3) is 0 Å². The van der Waals surface area contributed by atoms with E-state index in [1.807, 2.05) is 38.1 Å². The van der Waals surface area contributed by atoms with Crippen molar-refractivity contribution in [3.05, 3.63) is 36.0 Å². The zero-order chi connectivity index (χ0) is 32.1. The van der Waals surface area contributed by atoms with Gasteiger partial charge in [0, 0.05) is 36.5 Å². The Balaban J connectivity index is 2.28. The van der Waals surface area contributed by atoms with Crippen LogP contribution in [0, 0.1) is 5.92 Å². The number of aliphatic imine (C=N–C) groups is 1. The number of nitrogens with two attached hydrogens (primary N) is 3. The molecule has 4 atom stereocenters. The number of hydrogen-bond acceptors (Lipinski definition) is 7. The molecule has 12 N–H and O–H groups in total. The first-order chi connectivity index (χ1) is 20.3. The normalized spacial score (nSPS) is 13.9. The average molecular weight is 603 g/mol. The number of carbonyl (C=O) groups is 5. The number of hydrogen-bond donors (Lipinski definition) is 9. The summed E-state index contributed by atoms with van der Waals surface area (Å²) in [6.07, 6.45) is 1.67. The lowest BCUT2D eigenvalue weighted by Gasteiger charge is -2.25. The summed E-state index contributed by atoms with van der Waals surface area (Å²) in [7, 11) is 0. The van der Waals surface area contributed by atoms with E-state index >= 15 is 0 Å². The van der Waals surface area contributed by atoms with E-state index in [9.17, 15) is 34.2 Å². The molecule has 2 aromatic rings. The van der Waals surface area contributed by atoms with Crippen molar-refractivity contribution in [3.8, 4) is 0 Å². The average Bonchev–Trinajstić information content (AvgIpc) is 3.34. The van der Waals surface area contributed by atoms with Crippen molar-refractivity contribution >= 4 is 46.5 Å². The number of carboxylic acid groups (broad SMARTS) is 2. The van der Waals surface area contributed by atoms with Crippen LogP contribution in [0.4, 0.5) is 0 Å². The molecule has 0 aliphatic rings. The molecule has 0 spiro atoms. The van der Waals surface area contributed by atoms with E-state index in [-0.39, 0.29) is 44.1 Å². The number of carboxylic acids is 2. The van der Waals surface area contributed by atoms with Crippen LogP contribution in [0.3, 0.4) is 0 Å². The third kappa shape index (κ3) is 11.6. The van der Waals surface area contributed by atoms with Gasteiger partial charge in [0.2, 0.25) is 17.7 Å². The number of nitrogens with one attached hydrogen (secondary N) is 4. The molecular weight excluding hydrogens is 560 g/mol. The minimum atomic E-state index is -1.34. The van der Waals surface area contributed by atoms with Gasteiger partial charge in [0.05, 0.1) is 6.04 Å². The molecule has 15 nitrogen and oxygen atoms in total. The van der Waals surface area contributed by atoms with Gasteiger partial charge in [-0.25, -0.2) is 4.79 Å². The molecule has 1 heterocycles. The van der Waals surface area contributed by atoms with Crippen molar-refractivity contribution < 1.29 is 34.2 Å². The SMILES string of the molecule is CC(C)CC(NC(=O)C(Cc1c[nH]c2ccccc12)NC(=O)C(CCC(=O)O)NC(=O)C(N)CCCN=C(N)N)C(=O)O. The Hall–Kier alpha value is -4.66. The second kappa shape index (κ2) is 16.7. The molecule has 0 aliphatic carbocycles. The summed E-state index contributed by atoms with van der Waals surface area (Å²) in [5, 5.41) is 27.3. The predicted molar refractivity (Wildman–Crippen MR) is 160 cm³/mol. The van der Waals surface area contributed by atoms with E-state index in [1.54, 1.807) is 6.20 Å². The molecule has 1 aromatic heterocycles. The summed E-state index contributed by atoms with van der Waals surface area (Å²) in [6, 6.07) is 2.50. The van der Waals surface area contributed by atoms with Crippen LogP contribution in [0.25, 0.3) is 10.9 Å². The molecule has 0 saturated carbocycles. The number of aromatic nitrogens is 1. The Morgan fingerprint density at radius 2 is 1.53 bits per heavy atom. The molecule has 2 rings (SSSR count). The van der Waals surface area contributed by atoms with Crippen molar-refractivity contribution in [2.75, 3.05) is 6.54 Å². The number of aliphatic carboxylic acids is 2. The number of aromatic amines is 1. The van der Waals surface area contributed by atoms with E-state index in [0.717, 1.165) is 10.9 Å². The number of para-hydroxylation sites is 1. The second-order valence-corrected chi connectivity index (χ2v) is 10.7. The van der Waals surface area contributed by atoms with Crippen LogP contribution in [0.15, 0.2) is 35.5 Å². The number of rotatable bonds is 18. The van der Waals surface area contributed by atoms with Gasteiger partial charge in [-0.05, 0) is 43.2 Å². The van der Waals surface area contributed by atoms with Crippen LogP contribution in [-0.2, 0) is 30.4 Å². The van der Waals surface area contributed by atoms with Crippen LogP contribution in [0.1, 0.15) is 51.5 Å². The van der Waals surface area contributed by atoms with Crippen molar-refractivity contribution in [2.24, 2.45) is 28.1 Å². The van der Waals surface area contributed by atoms with E-state index in [2.05, 4.69) is 25.9 Å². The first kappa shape index (κ1) is 34.5. The van der Waals surface area contributed by atoms with Gasteiger partial charge in [0.1, 0.15) is 18.1 Å². The summed E-state index contributed by atoms with van der Waals surface area (Å²) >= 11 is 0. The fourth-order valence-corrected chi connectivity index (χ4v) is 4.43. The molecule has 236 valence electrons. The number of benzene rings is 1. The summed E-state index contributed by atoms with van der Waals surface area (Å²) in [6.45, 7) is 3.87. The summed E-state index contributed by atoms with van der Waals surface area (Å²) in [5.41, 5.74) is 18.0. The number of fused-ring (bicyclic) bond motifs is 1. The number of guanidine groups is 1. The topological polar surface area (TPSA) is 268 Å². The van der Waals surface area contributed by atoms with Crippen LogP contribution < -0.4 is 33.2 Å². The molecular formula is C28H42N8O7. The van der Waals surface area contributed by atoms with Gasteiger partial charge in [-0.3, -0.25) is 24.2 Å². The lowest BCUT2D eigenvalue weighted by Crippen LogP contribution is -2.57. The van der Waals surface area contributed by atoms with Gasteiger partial charge in [0.15, 0.2) is 5.96 Å². The fourth-order valence-electron chi connectivity index (χ4n) is 4.43. The van der Waals surface area contributed by atoms with Crippen molar-refractivity contribution in [2.45, 2.75) is 76.5 Å². The second-order valence-electron chi connectivity index (χ2n) is 10.7. The van der Waals surface area contributed by atoms with E-state index in [0.29, 0.717) is 12.0 Å². The first-order valence-corrected chi connectivity index (χ1v) is 14.0. The summed E-state index contributed by atoms with van der Waals surface area (Å²) in [5.74, 6) is -4.82. The smallest absolute Gasteiger partial charge is 0.326 e. The van der Waals surface area contributed by atoms with Gasteiger partial charge < -0.3 is 48.3 Å². The van der Waals surface area contributed by atoms with E-state index in [1.165, 1.54) is 0 Å². The lowest BCUT2D eigenvalue weighted by atomic mass is 10.0. The van der Waals surface area contributed by atoms with Crippen LogP contribution in [-0.4, -0.2) is 81.5 Å². The summed E-state index contributed by atoms with van der Waals surface area (Å²) in [4.78, 5) is 69.7. The molecule has 43 heavy (non-hydrogen) atoms. The van der Waals surface area contributed by atoms with Crippen molar-refractivity contribution in [1.82, 2.24) is 20.9 Å². The molecule has 15 heteroatoms. The minimum absolute atomic E-state index is 0.0144. The number of amides is 3. The zero-order valence-corrected chi connectivity index (χ0v) is 24.3. The highest BCUT2D eigenvalue weighted by molar-refractivity contribution is 5.95. The minimum Gasteiger partial charge on any atom is -0.481 e. The molecule has 4 unspecified atom stereocenters. The third-order valence-electron chi connectivity index (χ3n) is 6.64. The Labute approximate surface area is 249 Å². The Morgan fingerprint density at radius 1 is 0.907 bits per heavy atom. The monoisotopic (exact) mass is 602 g/mol. The maximum absolute atomic E-state index is 13.4. The van der Waals surface area contributed by atoms with E-state index < -0.39 is 60.2 Å². The number of nitrogens with zero attached hydrogens (tertiary/aromatic N) is 1. The number of H-pyrrole nitrogens is 1. The number of carbonyl (C=O) groups excluding carboxylic acids is 3. The van der Waals surface area contributed by atoms with Gasteiger partial charge >= 0.3 is 11.9 Å². The molecule has 0 radical (unpaired) electrons. The highest BCUT2D eigenvalue weighted by Gasteiger charge is 2.31. The van der Waals surface area contributed by atoms with Crippen molar-refractivity contribution in [1.29, 1.82) is 0 Å². The van der Waals surface area contributed by atoms with Gasteiger partial charge in [-0.2, -0.15) is 0 Å². The molecule has 0 bridgehead atoms. The largest absolute Gasteiger partial charge is 0.481 e. The molecule has 1 aromatic carbocycles. The van der Waals surface area contributed by atoms with Crippen molar-refractivity contribution in [3.63, 3.8) is 0 Å². The van der Waals surface area contributed by atoms with E-state index in [4.69, 9.17) is 17.2 Å². The molecule has 0 fully saturated rings. The maximum atomic E-state index is 13.4. The zero-order valence-electron chi connectivity index (χ0n) is 24.3. The molecule has 3 amide bonds. The van der Waals surface area contributed by atoms with Crippen LogP contribution in [0.2, 0.25) is 0 Å². The highest BCUT2D eigenvalue weighted by atomic mass is 16.4. The Morgan fingerprint density at radius 3 is 2.16 bits per heavy atom. The van der Waals surface area contributed by atoms with Gasteiger partial charge in [-0.15, -0.1) is 0 Å². The van der Waals surface area contributed by atoms with Gasteiger partial charge in [-0.1, -0.05) is 32.0 Å². The first-order valence-electron chi connectivity index (χ1n) is 14.0. The van der Waals surface area contributed by atoms with Crippen LogP contribution >= 0.6 is 0 Å². The Bertz CT molecular complexity index is 1310. The molecule has 0 aliphatic heterocycles. The quantitative estimate of drug-likeness (QED) is 0.0602. The standard InChI is InChI=1S/C28H42N8O7/c1-15(2)12-22(27(42)43)36-26(41)21(13-16-14-33-19-8-4-3-6-17(16)19)35-25(40)20(9-10-23(37)38)34-24(39)18(29)7-5-11-32-28(30)31/h3-4,6,8,14-15,18,20-22,33H,5,7,9-13,29H2,1-2H3,(H,34,39)(H,35,40)(H,36,41)(H,37,38)(H,42,43)(H4,30,31,32). The third-order valence-corrected chi connectivity index (χ3v) is 6.64. The fraction of sp³-hybridized carbons (Fsp3) is 0.500. The Kier molecular flexibility index (Phi) is 13.4. The predicted octanol–water partition coefficient (Wildman–Crippen LogP) is -0.459. The maximum Gasteiger partial charge on any atom is 0.326 e. The molecule has 0 saturated heterocycles. The highest BCUT2D eigenvalue weighted by Crippen LogP contribution is 2.19. The summed E-state index contributed by atoms with van der Waals surface area (Å²) < 4.78 is 0. The lowest BCUT2D eigenvalue weighted by molar-refractivity contribution is -0.142.